The zero-order valence-electron chi connectivity index (χ0n) is 12.9. The molecule has 0 radical (unpaired) electrons. The van der Waals surface area contributed by atoms with Crippen LogP contribution >= 0.6 is 0 Å². The smallest absolute Gasteiger partial charge is 0.160 e. The number of phenols is 2. The van der Waals surface area contributed by atoms with E-state index >= 15 is 0 Å². The van der Waals surface area contributed by atoms with Crippen molar-refractivity contribution >= 4 is 6.29 Å². The van der Waals surface area contributed by atoms with Crippen LogP contribution in [-0.2, 0) is 16.6 Å². The first-order chi connectivity index (χ1) is 10.6. The van der Waals surface area contributed by atoms with E-state index in [4.69, 9.17) is 5.73 Å². The number of carbonyl (C=O) groups is 1. The molecular weight excluding hydrogens is 278 g/mol. The molecule has 0 spiro atoms. The fourth-order valence-corrected chi connectivity index (χ4v) is 4.50. The van der Waals surface area contributed by atoms with E-state index in [0.717, 1.165) is 30.3 Å². The van der Waals surface area contributed by atoms with Crippen molar-refractivity contribution in [2.75, 3.05) is 6.54 Å². The van der Waals surface area contributed by atoms with Gasteiger partial charge in [-0.1, -0.05) is 38.2 Å². The Morgan fingerprint density at radius 1 is 1.18 bits per heavy atom. The van der Waals surface area contributed by atoms with Gasteiger partial charge in [-0.2, -0.15) is 0 Å². The number of hydrogen-bond donors (Lipinski definition) is 3. The van der Waals surface area contributed by atoms with Crippen LogP contribution < -0.4 is 5.73 Å². The van der Waals surface area contributed by atoms with Gasteiger partial charge in [0.1, 0.15) is 6.29 Å². The topological polar surface area (TPSA) is 83.6 Å². The quantitative estimate of drug-likeness (QED) is 0.592. The Hall–Kier alpha value is -1.55. The molecule has 0 saturated heterocycles. The predicted octanol–water partition coefficient (Wildman–Crippen LogP) is 2.64. The Morgan fingerprint density at radius 2 is 1.91 bits per heavy atom. The summed E-state index contributed by atoms with van der Waals surface area (Å²) in [6.07, 6.45) is 8.62. The van der Waals surface area contributed by atoms with Gasteiger partial charge < -0.3 is 20.7 Å². The van der Waals surface area contributed by atoms with Crippen molar-refractivity contribution in [3.8, 4) is 11.5 Å². The van der Waals surface area contributed by atoms with Crippen molar-refractivity contribution in [3.63, 3.8) is 0 Å². The zero-order valence-corrected chi connectivity index (χ0v) is 12.9. The third kappa shape index (κ3) is 2.39. The Kier molecular flexibility index (Phi) is 4.13. The number of fused-ring (bicyclic) bond motifs is 1. The number of aromatic hydroxyl groups is 2. The maximum absolute atomic E-state index is 11.9. The lowest BCUT2D eigenvalue weighted by atomic mass is 9.62. The number of aldehydes is 1. The molecule has 2 aliphatic rings. The van der Waals surface area contributed by atoms with E-state index in [1.807, 2.05) is 0 Å². The Balaban J connectivity index is 2.03. The molecule has 22 heavy (non-hydrogen) atoms. The van der Waals surface area contributed by atoms with Gasteiger partial charge in [-0.25, -0.2) is 0 Å². The lowest BCUT2D eigenvalue weighted by Crippen LogP contribution is -2.44. The van der Waals surface area contributed by atoms with Gasteiger partial charge in [0, 0.05) is 12.1 Å². The summed E-state index contributed by atoms with van der Waals surface area (Å²) in [5.74, 6) is 0.765. The first kappa shape index (κ1) is 15.3. The molecule has 0 amide bonds. The van der Waals surface area contributed by atoms with Crippen LogP contribution in [0, 0.1) is 11.8 Å². The van der Waals surface area contributed by atoms with Gasteiger partial charge in [-0.05, 0) is 36.3 Å². The highest BCUT2D eigenvalue weighted by Crippen LogP contribution is 2.48. The number of carbonyl (C=O) groups excluding carboxylic acids is 1. The standard InChI is InChI=1S/C18H25NO3/c19-10-18(11-20)9-13(12-4-2-1-3-5-12)8-14-15(18)6-7-16(21)17(14)22/h6-7,11-13,21-22H,1-5,8-10,19H2/t13-,18+/m0/s1. The second-order valence-corrected chi connectivity index (χ2v) is 7.00. The van der Waals surface area contributed by atoms with E-state index in [-0.39, 0.29) is 18.0 Å². The summed E-state index contributed by atoms with van der Waals surface area (Å²) in [5.41, 5.74) is 6.77. The molecule has 4 nitrogen and oxygen atoms in total. The van der Waals surface area contributed by atoms with Gasteiger partial charge in [0.25, 0.3) is 0 Å². The number of rotatable bonds is 3. The lowest BCUT2D eigenvalue weighted by molar-refractivity contribution is -0.113. The summed E-state index contributed by atoms with van der Waals surface area (Å²) < 4.78 is 0. The highest BCUT2D eigenvalue weighted by atomic mass is 16.3. The van der Waals surface area contributed by atoms with Crippen molar-refractivity contribution in [2.24, 2.45) is 17.6 Å². The monoisotopic (exact) mass is 303 g/mol. The van der Waals surface area contributed by atoms with Gasteiger partial charge in [0.2, 0.25) is 0 Å². The Labute approximate surface area is 131 Å². The van der Waals surface area contributed by atoms with Crippen LogP contribution in [0.1, 0.15) is 49.7 Å². The largest absolute Gasteiger partial charge is 0.504 e. The summed E-state index contributed by atoms with van der Waals surface area (Å²) in [6, 6.07) is 3.21. The maximum Gasteiger partial charge on any atom is 0.160 e. The molecule has 2 atom stereocenters. The minimum atomic E-state index is -0.721. The van der Waals surface area contributed by atoms with E-state index in [9.17, 15) is 15.0 Å². The molecule has 0 aromatic heterocycles. The van der Waals surface area contributed by atoms with E-state index in [2.05, 4.69) is 0 Å². The molecule has 0 bridgehead atoms. The molecule has 4 heteroatoms. The van der Waals surface area contributed by atoms with Gasteiger partial charge in [-0.15, -0.1) is 0 Å². The average molecular weight is 303 g/mol. The molecule has 0 aliphatic heterocycles. The lowest BCUT2D eigenvalue weighted by Gasteiger charge is -2.42. The van der Waals surface area contributed by atoms with Gasteiger partial charge in [-0.3, -0.25) is 0 Å². The Bertz CT molecular complexity index is 566. The van der Waals surface area contributed by atoms with Crippen LogP contribution in [0.15, 0.2) is 12.1 Å². The van der Waals surface area contributed by atoms with E-state index in [0.29, 0.717) is 11.8 Å². The molecule has 0 unspecified atom stereocenters. The summed E-state index contributed by atoms with van der Waals surface area (Å²) in [5, 5.41) is 20.1. The van der Waals surface area contributed by atoms with Crippen molar-refractivity contribution in [1.29, 1.82) is 0 Å². The average Bonchev–Trinajstić information content (AvgIpc) is 2.58. The molecular formula is C18H25NO3. The SMILES string of the molecule is NC[C@@]1(C=O)C[C@@H](C2CCCCC2)Cc2c1ccc(O)c2O. The van der Waals surface area contributed by atoms with Gasteiger partial charge in [0.15, 0.2) is 11.5 Å². The summed E-state index contributed by atoms with van der Waals surface area (Å²) >= 11 is 0. The molecule has 2 aliphatic carbocycles. The van der Waals surface area contributed by atoms with E-state index in [1.54, 1.807) is 6.07 Å². The number of nitrogens with two attached hydrogens (primary N) is 1. The molecule has 1 aromatic carbocycles. The van der Waals surface area contributed by atoms with Gasteiger partial charge in [0.05, 0.1) is 5.41 Å². The molecule has 1 saturated carbocycles. The number of benzene rings is 1. The van der Waals surface area contributed by atoms with E-state index < -0.39 is 5.41 Å². The van der Waals surface area contributed by atoms with Crippen LogP contribution in [0.5, 0.6) is 11.5 Å². The number of phenolic OH excluding ortho intramolecular Hbond substituents is 2. The van der Waals surface area contributed by atoms with Crippen LogP contribution in [-0.4, -0.2) is 23.0 Å². The minimum Gasteiger partial charge on any atom is -0.504 e. The van der Waals surface area contributed by atoms with Crippen molar-refractivity contribution in [3.05, 3.63) is 23.3 Å². The maximum atomic E-state index is 11.9. The third-order valence-corrected chi connectivity index (χ3v) is 5.80. The zero-order chi connectivity index (χ0) is 15.7. The molecule has 1 fully saturated rings. The highest BCUT2D eigenvalue weighted by molar-refractivity contribution is 5.73. The number of hydrogen-bond acceptors (Lipinski definition) is 4. The molecule has 1 aromatic rings. The molecule has 120 valence electrons. The molecule has 4 N–H and O–H groups in total. The normalized spacial score (nSPS) is 29.0. The van der Waals surface area contributed by atoms with Crippen LogP contribution in [0.3, 0.4) is 0 Å². The first-order valence-electron chi connectivity index (χ1n) is 8.32. The second kappa shape index (κ2) is 5.92. The Morgan fingerprint density at radius 3 is 2.55 bits per heavy atom. The van der Waals surface area contributed by atoms with Crippen molar-refractivity contribution in [1.82, 2.24) is 0 Å². The van der Waals surface area contributed by atoms with Crippen LogP contribution in [0.4, 0.5) is 0 Å². The molecule has 3 rings (SSSR count). The summed E-state index contributed by atoms with van der Waals surface area (Å²) in [4.78, 5) is 11.9. The minimum absolute atomic E-state index is 0.0716. The van der Waals surface area contributed by atoms with Crippen LogP contribution in [0.2, 0.25) is 0 Å². The fourth-order valence-electron chi connectivity index (χ4n) is 4.50. The van der Waals surface area contributed by atoms with Gasteiger partial charge >= 0.3 is 0 Å². The third-order valence-electron chi connectivity index (χ3n) is 5.80. The van der Waals surface area contributed by atoms with E-state index in [1.165, 1.54) is 38.2 Å². The van der Waals surface area contributed by atoms with Crippen molar-refractivity contribution in [2.45, 2.75) is 50.4 Å². The summed E-state index contributed by atoms with van der Waals surface area (Å²) in [7, 11) is 0. The second-order valence-electron chi connectivity index (χ2n) is 7.00. The molecule has 0 heterocycles. The summed E-state index contributed by atoms with van der Waals surface area (Å²) in [6.45, 7) is 0.247. The highest BCUT2D eigenvalue weighted by Gasteiger charge is 2.43. The fraction of sp³-hybridized carbons (Fsp3) is 0.611. The van der Waals surface area contributed by atoms with Crippen LogP contribution in [0.25, 0.3) is 0 Å². The predicted molar refractivity (Wildman–Crippen MR) is 85.0 cm³/mol. The first-order valence-corrected chi connectivity index (χ1v) is 8.32. The van der Waals surface area contributed by atoms with Crippen molar-refractivity contribution < 1.29 is 15.0 Å².